The largest absolute Gasteiger partial charge is 0.495 e. The molecule has 2 aliphatic heterocycles. The molecule has 7 nitrogen and oxygen atoms in total. The number of guanidine groups is 1. The average Bonchev–Trinajstić information content (AvgIpc) is 2.78. The first-order valence-corrected chi connectivity index (χ1v) is 11.3. The lowest BCUT2D eigenvalue weighted by molar-refractivity contribution is -0.132. The van der Waals surface area contributed by atoms with E-state index in [1.165, 1.54) is 6.42 Å². The second-order valence-corrected chi connectivity index (χ2v) is 8.22. The van der Waals surface area contributed by atoms with Crippen molar-refractivity contribution in [2.75, 3.05) is 64.4 Å². The molecule has 2 fully saturated rings. The highest BCUT2D eigenvalue weighted by atomic mass is 16.5. The number of hydrogen-bond acceptors (Lipinski definition) is 4. The van der Waals surface area contributed by atoms with E-state index in [0.717, 1.165) is 69.6 Å². The molecule has 7 heteroatoms. The van der Waals surface area contributed by atoms with E-state index >= 15 is 0 Å². The number of amides is 1. The normalized spacial score (nSPS) is 20.3. The SMILES string of the molecule is CCNC(=NCCC(=O)N1CCCC(C)C1)N1CCN(c2ccccc2OC)CC1. The van der Waals surface area contributed by atoms with Gasteiger partial charge in [-0.2, -0.15) is 0 Å². The van der Waals surface area contributed by atoms with E-state index in [2.05, 4.69) is 41.1 Å². The molecule has 2 saturated heterocycles. The molecule has 166 valence electrons. The Morgan fingerprint density at radius 2 is 1.93 bits per heavy atom. The number of para-hydroxylation sites is 2. The first kappa shape index (κ1) is 22.2. The van der Waals surface area contributed by atoms with Gasteiger partial charge in [-0.05, 0) is 37.8 Å². The minimum absolute atomic E-state index is 0.238. The summed E-state index contributed by atoms with van der Waals surface area (Å²) in [4.78, 5) is 24.0. The molecule has 0 spiro atoms. The fourth-order valence-electron chi connectivity index (χ4n) is 4.31. The van der Waals surface area contributed by atoms with Crippen LogP contribution in [0.5, 0.6) is 5.75 Å². The van der Waals surface area contributed by atoms with Crippen LogP contribution in [0.1, 0.15) is 33.1 Å². The molecule has 0 aliphatic carbocycles. The number of piperazine rings is 1. The average molecular weight is 416 g/mol. The zero-order valence-electron chi connectivity index (χ0n) is 18.8. The van der Waals surface area contributed by atoms with Gasteiger partial charge in [0.15, 0.2) is 5.96 Å². The van der Waals surface area contributed by atoms with Crippen molar-refractivity contribution in [3.63, 3.8) is 0 Å². The van der Waals surface area contributed by atoms with Gasteiger partial charge >= 0.3 is 0 Å². The Balaban J connectivity index is 1.53. The number of piperidine rings is 1. The number of anilines is 1. The van der Waals surface area contributed by atoms with Crippen LogP contribution in [0.15, 0.2) is 29.3 Å². The Morgan fingerprint density at radius 1 is 1.17 bits per heavy atom. The summed E-state index contributed by atoms with van der Waals surface area (Å²) >= 11 is 0. The van der Waals surface area contributed by atoms with Gasteiger partial charge in [0.05, 0.1) is 19.3 Å². The van der Waals surface area contributed by atoms with Gasteiger partial charge in [0, 0.05) is 52.2 Å². The number of likely N-dealkylation sites (tertiary alicyclic amines) is 1. The number of carbonyl (C=O) groups is 1. The molecule has 0 aromatic heterocycles. The zero-order valence-corrected chi connectivity index (χ0v) is 18.8. The molecule has 2 heterocycles. The van der Waals surface area contributed by atoms with Crippen LogP contribution in [0, 0.1) is 5.92 Å². The Bertz CT molecular complexity index is 715. The summed E-state index contributed by atoms with van der Waals surface area (Å²) in [7, 11) is 1.72. The second kappa shape index (κ2) is 11.1. The number of aliphatic imine (C=N–C) groups is 1. The van der Waals surface area contributed by atoms with Crippen molar-refractivity contribution in [1.82, 2.24) is 15.1 Å². The van der Waals surface area contributed by atoms with Crippen molar-refractivity contribution in [1.29, 1.82) is 0 Å². The van der Waals surface area contributed by atoms with Crippen molar-refractivity contribution in [2.45, 2.75) is 33.1 Å². The molecule has 1 unspecified atom stereocenters. The number of benzene rings is 1. The van der Waals surface area contributed by atoms with Gasteiger partial charge in [0.25, 0.3) is 0 Å². The number of ether oxygens (including phenoxy) is 1. The summed E-state index contributed by atoms with van der Waals surface area (Å²) in [6, 6.07) is 8.17. The third kappa shape index (κ3) is 5.80. The molecule has 1 N–H and O–H groups in total. The van der Waals surface area contributed by atoms with E-state index in [0.29, 0.717) is 18.9 Å². The van der Waals surface area contributed by atoms with Crippen LogP contribution >= 0.6 is 0 Å². The minimum atomic E-state index is 0.238. The summed E-state index contributed by atoms with van der Waals surface area (Å²) in [6.07, 6.45) is 2.84. The molecule has 0 radical (unpaired) electrons. The molecular weight excluding hydrogens is 378 g/mol. The Kier molecular flexibility index (Phi) is 8.22. The molecule has 2 aliphatic rings. The first-order chi connectivity index (χ1) is 14.6. The van der Waals surface area contributed by atoms with Gasteiger partial charge in [-0.25, -0.2) is 0 Å². The van der Waals surface area contributed by atoms with E-state index in [-0.39, 0.29) is 5.91 Å². The molecular formula is C23H37N5O2. The quantitative estimate of drug-likeness (QED) is 0.571. The Morgan fingerprint density at radius 3 is 2.63 bits per heavy atom. The highest BCUT2D eigenvalue weighted by Crippen LogP contribution is 2.28. The lowest BCUT2D eigenvalue weighted by atomic mass is 10.00. The standard InChI is InChI=1S/C23H37N5O2/c1-4-24-23(25-12-11-22(29)28-13-7-8-19(2)18-28)27-16-14-26(15-17-27)20-9-5-6-10-21(20)30-3/h5-6,9-10,19H,4,7-8,11-18H2,1-3H3,(H,24,25). The highest BCUT2D eigenvalue weighted by molar-refractivity contribution is 5.81. The van der Waals surface area contributed by atoms with Crippen molar-refractivity contribution >= 4 is 17.6 Å². The Labute approximate surface area is 181 Å². The molecule has 3 rings (SSSR count). The van der Waals surface area contributed by atoms with Crippen LogP contribution in [0.2, 0.25) is 0 Å². The van der Waals surface area contributed by atoms with Crippen LogP contribution in [-0.4, -0.2) is 81.1 Å². The van der Waals surface area contributed by atoms with Gasteiger partial charge in [0.2, 0.25) is 5.91 Å². The fraction of sp³-hybridized carbons (Fsp3) is 0.652. The number of methoxy groups -OCH3 is 1. The molecule has 0 bridgehead atoms. The number of rotatable bonds is 6. The molecule has 1 atom stereocenters. The summed E-state index contributed by atoms with van der Waals surface area (Å²) in [5.41, 5.74) is 1.14. The second-order valence-electron chi connectivity index (χ2n) is 8.22. The Hall–Kier alpha value is -2.44. The zero-order chi connectivity index (χ0) is 21.3. The lowest BCUT2D eigenvalue weighted by Gasteiger charge is -2.38. The maximum atomic E-state index is 12.5. The fourth-order valence-corrected chi connectivity index (χ4v) is 4.31. The molecule has 1 aromatic carbocycles. The summed E-state index contributed by atoms with van der Waals surface area (Å²) < 4.78 is 5.52. The van der Waals surface area contributed by atoms with Gasteiger partial charge < -0.3 is 24.8 Å². The highest BCUT2D eigenvalue weighted by Gasteiger charge is 2.23. The predicted molar refractivity (Wildman–Crippen MR) is 122 cm³/mol. The van der Waals surface area contributed by atoms with Crippen LogP contribution in [0.25, 0.3) is 0 Å². The number of carbonyl (C=O) groups excluding carboxylic acids is 1. The smallest absolute Gasteiger partial charge is 0.224 e. The van der Waals surface area contributed by atoms with E-state index in [1.807, 2.05) is 17.0 Å². The monoisotopic (exact) mass is 415 g/mol. The number of hydrogen-bond donors (Lipinski definition) is 1. The van der Waals surface area contributed by atoms with E-state index < -0.39 is 0 Å². The topological polar surface area (TPSA) is 60.4 Å². The number of nitrogens with one attached hydrogen (secondary N) is 1. The molecule has 30 heavy (non-hydrogen) atoms. The van der Waals surface area contributed by atoms with Gasteiger partial charge in [0.1, 0.15) is 5.75 Å². The van der Waals surface area contributed by atoms with Crippen molar-refractivity contribution in [3.05, 3.63) is 24.3 Å². The van der Waals surface area contributed by atoms with Crippen molar-refractivity contribution < 1.29 is 9.53 Å². The van der Waals surface area contributed by atoms with Crippen LogP contribution in [0.4, 0.5) is 5.69 Å². The van der Waals surface area contributed by atoms with Gasteiger partial charge in [-0.15, -0.1) is 0 Å². The summed E-state index contributed by atoms with van der Waals surface area (Å²) in [5.74, 6) is 2.68. The lowest BCUT2D eigenvalue weighted by Crippen LogP contribution is -2.52. The van der Waals surface area contributed by atoms with Gasteiger partial charge in [-0.1, -0.05) is 19.1 Å². The predicted octanol–water partition coefficient (Wildman–Crippen LogP) is 2.43. The molecule has 1 amide bonds. The first-order valence-electron chi connectivity index (χ1n) is 11.3. The van der Waals surface area contributed by atoms with E-state index in [1.54, 1.807) is 7.11 Å². The maximum absolute atomic E-state index is 12.5. The molecule has 1 aromatic rings. The third-order valence-corrected chi connectivity index (χ3v) is 5.94. The number of nitrogens with zero attached hydrogens (tertiary/aromatic N) is 4. The van der Waals surface area contributed by atoms with Crippen molar-refractivity contribution in [2.24, 2.45) is 10.9 Å². The maximum Gasteiger partial charge on any atom is 0.224 e. The van der Waals surface area contributed by atoms with Crippen LogP contribution < -0.4 is 15.0 Å². The summed E-state index contributed by atoms with van der Waals surface area (Å²) in [6.45, 7) is 11.1. The minimum Gasteiger partial charge on any atom is -0.495 e. The van der Waals surface area contributed by atoms with Gasteiger partial charge in [-0.3, -0.25) is 9.79 Å². The molecule has 0 saturated carbocycles. The van der Waals surface area contributed by atoms with E-state index in [9.17, 15) is 4.79 Å². The summed E-state index contributed by atoms with van der Waals surface area (Å²) in [5, 5.41) is 3.40. The third-order valence-electron chi connectivity index (χ3n) is 5.94. The van der Waals surface area contributed by atoms with Crippen molar-refractivity contribution in [3.8, 4) is 5.75 Å². The van der Waals surface area contributed by atoms with Crippen LogP contribution in [0.3, 0.4) is 0 Å². The van der Waals surface area contributed by atoms with E-state index in [4.69, 9.17) is 9.73 Å². The van der Waals surface area contributed by atoms with Crippen LogP contribution in [-0.2, 0) is 4.79 Å².